The third kappa shape index (κ3) is 3.70. The summed E-state index contributed by atoms with van der Waals surface area (Å²) in [5.41, 5.74) is 5.89. The minimum Gasteiger partial charge on any atom is -0.494 e. The van der Waals surface area contributed by atoms with Crippen LogP contribution in [-0.2, 0) is 6.42 Å². The number of hydrogen-bond donors (Lipinski definition) is 1. The van der Waals surface area contributed by atoms with Crippen molar-refractivity contribution in [2.45, 2.75) is 25.2 Å². The maximum absolute atomic E-state index is 5.67. The van der Waals surface area contributed by atoms with E-state index in [4.69, 9.17) is 9.84 Å². The maximum Gasteiger partial charge on any atom is 0.144 e. The van der Waals surface area contributed by atoms with E-state index in [-0.39, 0.29) is 5.92 Å². The van der Waals surface area contributed by atoms with Crippen molar-refractivity contribution >= 4 is 5.82 Å². The molecule has 0 saturated carbocycles. The summed E-state index contributed by atoms with van der Waals surface area (Å²) in [6.45, 7) is 0.953. The number of nitrogens with one attached hydrogen (secondary N) is 1. The first-order valence-corrected chi connectivity index (χ1v) is 11.0. The van der Waals surface area contributed by atoms with Gasteiger partial charge in [-0.15, -0.1) is 0 Å². The summed E-state index contributed by atoms with van der Waals surface area (Å²) in [5, 5.41) is 8.91. The van der Waals surface area contributed by atoms with Crippen molar-refractivity contribution in [1.82, 2.24) is 9.78 Å². The van der Waals surface area contributed by atoms with E-state index in [0.717, 1.165) is 48.8 Å². The van der Waals surface area contributed by atoms with Gasteiger partial charge in [-0.3, -0.25) is 0 Å². The Labute approximate surface area is 183 Å². The largest absolute Gasteiger partial charge is 0.494 e. The standard InChI is InChI=1S/C27H27N3O/c1-31-24-18-9-8-17-23(24)30-27-22(16-10-11-19-28-27)26(29-30)25(20-12-4-2-5-13-20)21-14-6-3-7-15-21/h2-9,12-15,17-18,25,28H,10-11,16,19H2,1H3. The van der Waals surface area contributed by atoms with Crippen LogP contribution in [0.4, 0.5) is 5.82 Å². The van der Waals surface area contributed by atoms with Crippen LogP contribution >= 0.6 is 0 Å². The van der Waals surface area contributed by atoms with Crippen LogP contribution in [0.2, 0.25) is 0 Å². The van der Waals surface area contributed by atoms with Crippen LogP contribution in [0, 0.1) is 0 Å². The lowest BCUT2D eigenvalue weighted by Gasteiger charge is -2.18. The fourth-order valence-electron chi connectivity index (χ4n) is 4.54. The lowest BCUT2D eigenvalue weighted by molar-refractivity contribution is 0.412. The van der Waals surface area contributed by atoms with Gasteiger partial charge in [-0.1, -0.05) is 72.8 Å². The van der Waals surface area contributed by atoms with Crippen molar-refractivity contribution in [3.8, 4) is 11.4 Å². The number of methoxy groups -OCH3 is 1. The second kappa shape index (κ2) is 8.68. The second-order valence-corrected chi connectivity index (χ2v) is 7.93. The normalized spacial score (nSPS) is 13.4. The Morgan fingerprint density at radius 2 is 1.48 bits per heavy atom. The average Bonchev–Trinajstić information content (AvgIpc) is 3.01. The van der Waals surface area contributed by atoms with Gasteiger partial charge >= 0.3 is 0 Å². The van der Waals surface area contributed by atoms with Gasteiger partial charge in [-0.2, -0.15) is 5.10 Å². The summed E-state index contributed by atoms with van der Waals surface area (Å²) in [7, 11) is 1.71. The molecule has 4 heteroatoms. The summed E-state index contributed by atoms with van der Waals surface area (Å²) >= 11 is 0. The third-order valence-electron chi connectivity index (χ3n) is 6.01. The van der Waals surface area contributed by atoms with Crippen LogP contribution in [0.5, 0.6) is 5.75 Å². The molecule has 0 amide bonds. The molecule has 1 aromatic heterocycles. The zero-order valence-electron chi connectivity index (χ0n) is 17.8. The molecule has 5 rings (SSSR count). The summed E-state index contributed by atoms with van der Waals surface area (Å²) in [6.07, 6.45) is 3.32. The van der Waals surface area contributed by atoms with Gasteiger partial charge < -0.3 is 10.1 Å². The number of hydrogen-bond acceptors (Lipinski definition) is 3. The molecule has 0 fully saturated rings. The minimum atomic E-state index is 0.0759. The van der Waals surface area contributed by atoms with Gasteiger partial charge in [0, 0.05) is 12.1 Å². The Morgan fingerprint density at radius 3 is 2.16 bits per heavy atom. The Hall–Kier alpha value is -3.53. The Kier molecular flexibility index (Phi) is 5.44. The quantitative estimate of drug-likeness (QED) is 0.452. The van der Waals surface area contributed by atoms with Gasteiger partial charge in [0.2, 0.25) is 0 Å². The molecule has 4 nitrogen and oxygen atoms in total. The molecule has 0 saturated heterocycles. The van der Waals surface area contributed by atoms with Gasteiger partial charge in [0.25, 0.3) is 0 Å². The molecule has 1 N–H and O–H groups in total. The van der Waals surface area contributed by atoms with E-state index in [9.17, 15) is 0 Å². The highest BCUT2D eigenvalue weighted by Crippen LogP contribution is 2.39. The molecular weight excluding hydrogens is 382 g/mol. The zero-order chi connectivity index (χ0) is 21.0. The Balaban J connectivity index is 1.75. The first-order chi connectivity index (χ1) is 15.4. The molecule has 0 atom stereocenters. The van der Waals surface area contributed by atoms with Crippen LogP contribution in [0.3, 0.4) is 0 Å². The van der Waals surface area contributed by atoms with E-state index in [1.807, 2.05) is 22.9 Å². The number of aromatic nitrogens is 2. The number of fused-ring (bicyclic) bond motifs is 1. The van der Waals surface area contributed by atoms with Crippen LogP contribution in [0.1, 0.15) is 41.1 Å². The van der Waals surface area contributed by atoms with Crippen molar-refractivity contribution in [1.29, 1.82) is 0 Å². The van der Waals surface area contributed by atoms with Gasteiger partial charge in [0.1, 0.15) is 17.3 Å². The lowest BCUT2D eigenvalue weighted by Crippen LogP contribution is -2.09. The molecule has 0 bridgehead atoms. The fourth-order valence-corrected chi connectivity index (χ4v) is 4.54. The molecule has 0 unspecified atom stereocenters. The third-order valence-corrected chi connectivity index (χ3v) is 6.01. The molecule has 2 heterocycles. The fraction of sp³-hybridized carbons (Fsp3) is 0.222. The number of para-hydroxylation sites is 2. The molecule has 3 aromatic carbocycles. The molecule has 4 aromatic rings. The van der Waals surface area contributed by atoms with Gasteiger partial charge in [0.15, 0.2) is 0 Å². The summed E-state index contributed by atoms with van der Waals surface area (Å²) < 4.78 is 7.72. The Bertz CT molecular complexity index is 1110. The smallest absolute Gasteiger partial charge is 0.144 e. The van der Waals surface area contributed by atoms with E-state index in [1.165, 1.54) is 16.7 Å². The highest BCUT2D eigenvalue weighted by atomic mass is 16.5. The van der Waals surface area contributed by atoms with E-state index in [0.29, 0.717) is 0 Å². The number of rotatable bonds is 5. The first kappa shape index (κ1) is 19.4. The topological polar surface area (TPSA) is 39.1 Å². The van der Waals surface area contributed by atoms with Crippen molar-refractivity contribution < 1.29 is 4.74 Å². The van der Waals surface area contributed by atoms with E-state index in [1.54, 1.807) is 7.11 Å². The van der Waals surface area contributed by atoms with Gasteiger partial charge in [-0.05, 0) is 42.5 Å². The van der Waals surface area contributed by atoms with Crippen LogP contribution < -0.4 is 10.1 Å². The monoisotopic (exact) mass is 409 g/mol. The zero-order valence-corrected chi connectivity index (χ0v) is 17.8. The predicted octanol–water partition coefficient (Wildman–Crippen LogP) is 5.81. The molecule has 1 aliphatic rings. The van der Waals surface area contributed by atoms with E-state index in [2.05, 4.69) is 72.0 Å². The van der Waals surface area contributed by atoms with Crippen molar-refractivity contribution in [2.75, 3.05) is 19.0 Å². The van der Waals surface area contributed by atoms with Crippen molar-refractivity contribution in [3.05, 3.63) is 107 Å². The predicted molar refractivity (Wildman–Crippen MR) is 125 cm³/mol. The van der Waals surface area contributed by atoms with Crippen LogP contribution in [-0.4, -0.2) is 23.4 Å². The summed E-state index contributed by atoms with van der Waals surface area (Å²) in [4.78, 5) is 0. The van der Waals surface area contributed by atoms with E-state index >= 15 is 0 Å². The average molecular weight is 410 g/mol. The number of ether oxygens (including phenoxy) is 1. The lowest BCUT2D eigenvalue weighted by atomic mass is 9.86. The molecule has 0 spiro atoms. The van der Waals surface area contributed by atoms with Gasteiger partial charge in [0.05, 0.1) is 18.7 Å². The summed E-state index contributed by atoms with van der Waals surface area (Å²) in [6, 6.07) is 29.5. The number of benzene rings is 3. The second-order valence-electron chi connectivity index (χ2n) is 7.93. The Morgan fingerprint density at radius 1 is 0.839 bits per heavy atom. The first-order valence-electron chi connectivity index (χ1n) is 11.0. The number of nitrogens with zero attached hydrogens (tertiary/aromatic N) is 2. The molecule has 31 heavy (non-hydrogen) atoms. The molecule has 1 aliphatic heterocycles. The number of anilines is 1. The van der Waals surface area contributed by atoms with E-state index < -0.39 is 0 Å². The SMILES string of the molecule is COc1ccccc1-n1nc(C(c2ccccc2)c2ccccc2)c2c1NCCCC2. The van der Waals surface area contributed by atoms with Crippen LogP contribution in [0.25, 0.3) is 5.69 Å². The molecule has 156 valence electrons. The highest BCUT2D eigenvalue weighted by molar-refractivity contribution is 5.60. The summed E-state index contributed by atoms with van der Waals surface area (Å²) in [5.74, 6) is 1.99. The van der Waals surface area contributed by atoms with Crippen LogP contribution in [0.15, 0.2) is 84.9 Å². The maximum atomic E-state index is 5.67. The molecule has 0 aliphatic carbocycles. The highest BCUT2D eigenvalue weighted by Gasteiger charge is 2.28. The van der Waals surface area contributed by atoms with Gasteiger partial charge in [-0.25, -0.2) is 4.68 Å². The molecule has 0 radical (unpaired) electrons. The van der Waals surface area contributed by atoms with Crippen molar-refractivity contribution in [3.63, 3.8) is 0 Å². The molecular formula is C27H27N3O. The van der Waals surface area contributed by atoms with Crippen molar-refractivity contribution in [2.24, 2.45) is 0 Å². The minimum absolute atomic E-state index is 0.0759.